The third kappa shape index (κ3) is 5.27. The van der Waals surface area contributed by atoms with Crippen molar-refractivity contribution in [2.75, 3.05) is 20.7 Å². The van der Waals surface area contributed by atoms with E-state index in [1.807, 2.05) is 0 Å². The molecule has 0 spiro atoms. The number of nitro groups is 1. The Kier molecular flexibility index (Phi) is 6.31. The van der Waals surface area contributed by atoms with Crippen LogP contribution < -0.4 is 4.18 Å². The van der Waals surface area contributed by atoms with E-state index in [4.69, 9.17) is 8.92 Å². The molecule has 1 amide bonds. The summed E-state index contributed by atoms with van der Waals surface area (Å²) in [5.41, 5.74) is -0.304. The highest BCUT2D eigenvalue weighted by molar-refractivity contribution is 7.87. The van der Waals surface area contributed by atoms with Crippen molar-refractivity contribution in [2.24, 2.45) is 0 Å². The van der Waals surface area contributed by atoms with Crippen molar-refractivity contribution in [3.05, 3.63) is 64.2 Å². The Morgan fingerprint density at radius 2 is 1.75 bits per heavy atom. The molecule has 0 N–H and O–H groups in total. The third-order valence-electron chi connectivity index (χ3n) is 3.44. The molecule has 0 aliphatic rings. The lowest BCUT2D eigenvalue weighted by Gasteiger charge is -2.10. The first-order chi connectivity index (χ1) is 13.1. The number of amides is 1. The van der Waals surface area contributed by atoms with Gasteiger partial charge in [-0.15, -0.1) is 0 Å². The number of nitrogens with zero attached hydrogens (tertiary/aromatic N) is 2. The number of carbonyl (C=O) groups excluding carboxylic acids is 2. The second-order valence-corrected chi connectivity index (χ2v) is 7.23. The molecule has 2 aromatic rings. The smallest absolute Gasteiger partial charge is 0.339 e. The van der Waals surface area contributed by atoms with Gasteiger partial charge in [0.1, 0.15) is 10.6 Å². The predicted molar refractivity (Wildman–Crippen MR) is 96.3 cm³/mol. The van der Waals surface area contributed by atoms with E-state index >= 15 is 0 Å². The molecule has 0 aliphatic heterocycles. The Balaban J connectivity index is 2.09. The summed E-state index contributed by atoms with van der Waals surface area (Å²) >= 11 is 0. The van der Waals surface area contributed by atoms with Crippen LogP contribution in [-0.2, 0) is 19.6 Å². The van der Waals surface area contributed by atoms with E-state index in [1.54, 1.807) is 0 Å². The van der Waals surface area contributed by atoms with Crippen LogP contribution in [0.25, 0.3) is 0 Å². The van der Waals surface area contributed by atoms with E-state index in [-0.39, 0.29) is 16.2 Å². The number of non-ortho nitro benzene ring substituents is 1. The SMILES string of the molecule is CN(C)C(=O)COC(=O)c1ccc(OS(=O)(=O)c2cccc([N+](=O)[O-])c2)cc1. The molecule has 2 aromatic carbocycles. The molecule has 0 radical (unpaired) electrons. The van der Waals surface area contributed by atoms with Crippen molar-refractivity contribution >= 4 is 27.7 Å². The Hall–Kier alpha value is -3.47. The van der Waals surface area contributed by atoms with Crippen LogP contribution in [0.1, 0.15) is 10.4 Å². The number of esters is 1. The molecule has 0 bridgehead atoms. The molecule has 2 rings (SSSR count). The highest BCUT2D eigenvalue weighted by Crippen LogP contribution is 2.22. The summed E-state index contributed by atoms with van der Waals surface area (Å²) in [4.78, 5) is 34.2. The van der Waals surface area contributed by atoms with Crippen LogP contribution in [-0.4, -0.2) is 50.8 Å². The van der Waals surface area contributed by atoms with Crippen molar-refractivity contribution < 1.29 is 31.9 Å². The zero-order chi connectivity index (χ0) is 20.9. The Morgan fingerprint density at radius 3 is 2.32 bits per heavy atom. The van der Waals surface area contributed by atoms with E-state index in [0.29, 0.717) is 0 Å². The molecule has 0 aliphatic carbocycles. The first-order valence-corrected chi connectivity index (χ1v) is 9.17. The Morgan fingerprint density at radius 1 is 1.11 bits per heavy atom. The van der Waals surface area contributed by atoms with Gasteiger partial charge in [0, 0.05) is 26.2 Å². The molecule has 10 nitrogen and oxygen atoms in total. The lowest BCUT2D eigenvalue weighted by molar-refractivity contribution is -0.385. The minimum absolute atomic E-state index is 0.0895. The molecule has 0 fully saturated rings. The fourth-order valence-electron chi connectivity index (χ4n) is 1.91. The number of rotatable bonds is 7. The van der Waals surface area contributed by atoms with Crippen LogP contribution in [0.3, 0.4) is 0 Å². The molecule has 0 atom stereocenters. The second kappa shape index (κ2) is 8.48. The summed E-state index contributed by atoms with van der Waals surface area (Å²) in [6, 6.07) is 9.39. The van der Waals surface area contributed by atoms with Gasteiger partial charge < -0.3 is 13.8 Å². The molecular weight excluding hydrogens is 392 g/mol. The number of nitro benzene ring substituents is 1. The standard InChI is InChI=1S/C17H16N2O8S/c1-18(2)16(20)11-26-17(21)12-6-8-14(9-7-12)27-28(24,25)15-5-3-4-13(10-15)19(22)23/h3-10H,11H2,1-2H3. The minimum Gasteiger partial charge on any atom is -0.452 e. The van der Waals surface area contributed by atoms with Gasteiger partial charge in [0.2, 0.25) is 0 Å². The van der Waals surface area contributed by atoms with Gasteiger partial charge in [-0.25, -0.2) is 4.79 Å². The molecule has 0 saturated carbocycles. The highest BCUT2D eigenvalue weighted by Gasteiger charge is 2.20. The van der Waals surface area contributed by atoms with Crippen molar-refractivity contribution in [1.29, 1.82) is 0 Å². The first kappa shape index (κ1) is 20.8. The zero-order valence-electron chi connectivity index (χ0n) is 14.9. The lowest BCUT2D eigenvalue weighted by Crippen LogP contribution is -2.27. The first-order valence-electron chi connectivity index (χ1n) is 7.76. The molecule has 0 saturated heterocycles. The van der Waals surface area contributed by atoms with Crippen LogP contribution in [0.5, 0.6) is 5.75 Å². The van der Waals surface area contributed by atoms with E-state index in [1.165, 1.54) is 49.3 Å². The van der Waals surface area contributed by atoms with Crippen LogP contribution in [0, 0.1) is 10.1 Å². The molecular formula is C17H16N2O8S. The zero-order valence-corrected chi connectivity index (χ0v) is 15.7. The fraction of sp³-hybridized carbons (Fsp3) is 0.176. The van der Waals surface area contributed by atoms with Crippen molar-refractivity contribution in [2.45, 2.75) is 4.90 Å². The lowest BCUT2D eigenvalue weighted by atomic mass is 10.2. The van der Waals surface area contributed by atoms with Gasteiger partial charge >= 0.3 is 16.1 Å². The van der Waals surface area contributed by atoms with Gasteiger partial charge in [0.15, 0.2) is 6.61 Å². The normalized spacial score (nSPS) is 10.8. The van der Waals surface area contributed by atoms with E-state index < -0.39 is 39.2 Å². The number of ether oxygens (including phenoxy) is 1. The van der Waals surface area contributed by atoms with Gasteiger partial charge in [0.25, 0.3) is 11.6 Å². The van der Waals surface area contributed by atoms with Crippen molar-refractivity contribution in [1.82, 2.24) is 4.90 Å². The summed E-state index contributed by atoms with van der Waals surface area (Å²) in [7, 11) is -1.27. The number of hydrogen-bond donors (Lipinski definition) is 0. The molecule has 148 valence electrons. The third-order valence-corrected chi connectivity index (χ3v) is 4.68. The van der Waals surface area contributed by atoms with Gasteiger partial charge in [0.05, 0.1) is 10.5 Å². The largest absolute Gasteiger partial charge is 0.452 e. The second-order valence-electron chi connectivity index (χ2n) is 5.68. The molecule has 28 heavy (non-hydrogen) atoms. The number of carbonyl (C=O) groups is 2. The summed E-state index contributed by atoms with van der Waals surface area (Å²) in [6.45, 7) is -0.425. The van der Waals surface area contributed by atoms with Crippen LogP contribution >= 0.6 is 0 Å². The molecule has 0 heterocycles. The predicted octanol–water partition coefficient (Wildman–Crippen LogP) is 1.61. The maximum atomic E-state index is 12.3. The molecule has 0 aromatic heterocycles. The van der Waals surface area contributed by atoms with Crippen molar-refractivity contribution in [3.8, 4) is 5.75 Å². The van der Waals surface area contributed by atoms with E-state index in [2.05, 4.69) is 0 Å². The topological polar surface area (TPSA) is 133 Å². The summed E-state index contributed by atoms with van der Waals surface area (Å²) in [6.07, 6.45) is 0. The van der Waals surface area contributed by atoms with Crippen LogP contribution in [0.2, 0.25) is 0 Å². The molecule has 11 heteroatoms. The maximum Gasteiger partial charge on any atom is 0.339 e. The number of benzene rings is 2. The summed E-state index contributed by atoms with van der Waals surface area (Å²) in [5, 5.41) is 10.8. The quantitative estimate of drug-likeness (QED) is 0.292. The average Bonchev–Trinajstić information content (AvgIpc) is 2.66. The highest BCUT2D eigenvalue weighted by atomic mass is 32.2. The van der Waals surface area contributed by atoms with Gasteiger partial charge in [-0.2, -0.15) is 8.42 Å². The van der Waals surface area contributed by atoms with Gasteiger partial charge in [-0.1, -0.05) is 6.07 Å². The van der Waals surface area contributed by atoms with Crippen molar-refractivity contribution in [3.63, 3.8) is 0 Å². The Labute approximate surface area is 160 Å². The average molecular weight is 408 g/mol. The van der Waals surface area contributed by atoms with Crippen LogP contribution in [0.4, 0.5) is 5.69 Å². The fourth-order valence-corrected chi connectivity index (χ4v) is 2.88. The summed E-state index contributed by atoms with van der Waals surface area (Å²) < 4.78 is 34.3. The monoisotopic (exact) mass is 408 g/mol. The number of likely N-dealkylation sites (N-methyl/N-ethyl adjacent to an activating group) is 1. The number of hydrogen-bond acceptors (Lipinski definition) is 8. The maximum absolute atomic E-state index is 12.3. The Bertz CT molecular complexity index is 1000. The van der Waals surface area contributed by atoms with Gasteiger partial charge in [-0.05, 0) is 30.3 Å². The minimum atomic E-state index is -4.30. The van der Waals surface area contributed by atoms with Crippen LogP contribution in [0.15, 0.2) is 53.4 Å². The summed E-state index contributed by atoms with van der Waals surface area (Å²) in [5.74, 6) is -1.26. The van der Waals surface area contributed by atoms with E-state index in [9.17, 15) is 28.1 Å². The molecule has 0 unspecified atom stereocenters. The van der Waals surface area contributed by atoms with E-state index in [0.717, 1.165) is 18.2 Å². The van der Waals surface area contributed by atoms with Gasteiger partial charge in [-0.3, -0.25) is 14.9 Å².